The second kappa shape index (κ2) is 4.76. The Kier molecular flexibility index (Phi) is 3.23. The molecule has 0 amide bonds. The Morgan fingerprint density at radius 3 is 2.84 bits per heavy atom. The number of aliphatic hydroxyl groups excluding tert-OH is 1. The van der Waals surface area contributed by atoms with Crippen LogP contribution in [0.15, 0.2) is 6.07 Å². The van der Waals surface area contributed by atoms with Crippen LogP contribution in [0.3, 0.4) is 0 Å². The summed E-state index contributed by atoms with van der Waals surface area (Å²) in [7, 11) is 0. The smallest absolute Gasteiger partial charge is 0.133 e. The standard InChI is InChI=1S/C15H23N3O/c1-9-5-10(2)17-15(12(9)6-16)18-7-11-3-4-14(19)13(11)8-18/h5,11,13-14,19H,3-4,6-8,16H2,1-2H3. The predicted molar refractivity (Wildman–Crippen MR) is 76.0 cm³/mol. The lowest BCUT2D eigenvalue weighted by Crippen LogP contribution is -2.27. The van der Waals surface area contributed by atoms with Gasteiger partial charge in [0.15, 0.2) is 0 Å². The molecule has 2 heterocycles. The SMILES string of the molecule is Cc1cc(C)c(CN)c(N2CC3CCC(O)C3C2)n1. The van der Waals surface area contributed by atoms with E-state index in [1.165, 1.54) is 5.56 Å². The Labute approximate surface area is 114 Å². The molecule has 1 saturated heterocycles. The first-order valence-corrected chi connectivity index (χ1v) is 7.20. The van der Waals surface area contributed by atoms with E-state index in [1.807, 2.05) is 6.92 Å². The summed E-state index contributed by atoms with van der Waals surface area (Å²) in [6, 6.07) is 2.09. The zero-order chi connectivity index (χ0) is 13.6. The molecule has 3 rings (SSSR count). The van der Waals surface area contributed by atoms with Crippen molar-refractivity contribution in [2.45, 2.75) is 39.3 Å². The molecule has 1 aliphatic carbocycles. The minimum atomic E-state index is -0.123. The maximum Gasteiger partial charge on any atom is 0.133 e. The van der Waals surface area contributed by atoms with E-state index in [0.717, 1.165) is 43.0 Å². The van der Waals surface area contributed by atoms with Crippen molar-refractivity contribution in [1.29, 1.82) is 0 Å². The molecule has 0 spiro atoms. The normalized spacial score (nSPS) is 29.9. The topological polar surface area (TPSA) is 62.4 Å². The van der Waals surface area contributed by atoms with Gasteiger partial charge in [0.1, 0.15) is 5.82 Å². The Morgan fingerprint density at radius 2 is 2.16 bits per heavy atom. The predicted octanol–water partition coefficient (Wildman–Crippen LogP) is 1.36. The van der Waals surface area contributed by atoms with Crippen molar-refractivity contribution in [2.75, 3.05) is 18.0 Å². The van der Waals surface area contributed by atoms with E-state index in [0.29, 0.717) is 18.4 Å². The summed E-state index contributed by atoms with van der Waals surface area (Å²) in [5.41, 5.74) is 9.32. The van der Waals surface area contributed by atoms with Crippen molar-refractivity contribution < 1.29 is 5.11 Å². The number of hydrogen-bond donors (Lipinski definition) is 2. The van der Waals surface area contributed by atoms with Crippen LogP contribution in [0.1, 0.15) is 29.7 Å². The zero-order valence-electron chi connectivity index (χ0n) is 11.8. The van der Waals surface area contributed by atoms with Crippen LogP contribution in [-0.2, 0) is 6.54 Å². The van der Waals surface area contributed by atoms with Crippen LogP contribution in [0.25, 0.3) is 0 Å². The molecular weight excluding hydrogens is 238 g/mol. The number of rotatable bonds is 2. The van der Waals surface area contributed by atoms with E-state index in [-0.39, 0.29) is 6.10 Å². The summed E-state index contributed by atoms with van der Waals surface area (Å²) < 4.78 is 0. The van der Waals surface area contributed by atoms with Gasteiger partial charge in [0.2, 0.25) is 0 Å². The molecule has 104 valence electrons. The molecule has 0 radical (unpaired) electrons. The van der Waals surface area contributed by atoms with E-state index in [2.05, 4.69) is 17.9 Å². The van der Waals surface area contributed by atoms with E-state index >= 15 is 0 Å². The Hall–Kier alpha value is -1.13. The van der Waals surface area contributed by atoms with Crippen molar-refractivity contribution in [1.82, 2.24) is 4.98 Å². The Bertz CT molecular complexity index is 489. The second-order valence-electron chi connectivity index (χ2n) is 6.06. The van der Waals surface area contributed by atoms with Gasteiger partial charge < -0.3 is 15.7 Å². The third kappa shape index (κ3) is 2.13. The van der Waals surface area contributed by atoms with Crippen LogP contribution in [0.5, 0.6) is 0 Å². The highest BCUT2D eigenvalue weighted by molar-refractivity contribution is 5.52. The van der Waals surface area contributed by atoms with Crippen LogP contribution in [-0.4, -0.2) is 29.3 Å². The van der Waals surface area contributed by atoms with E-state index < -0.39 is 0 Å². The molecule has 19 heavy (non-hydrogen) atoms. The van der Waals surface area contributed by atoms with Gasteiger partial charge in [0, 0.05) is 36.8 Å². The molecule has 1 saturated carbocycles. The molecule has 0 bridgehead atoms. The van der Waals surface area contributed by atoms with Gasteiger partial charge in [-0.25, -0.2) is 4.98 Å². The molecule has 3 N–H and O–H groups in total. The lowest BCUT2D eigenvalue weighted by molar-refractivity contribution is 0.133. The summed E-state index contributed by atoms with van der Waals surface area (Å²) in [6.07, 6.45) is 1.99. The summed E-state index contributed by atoms with van der Waals surface area (Å²) >= 11 is 0. The minimum Gasteiger partial charge on any atom is -0.393 e. The van der Waals surface area contributed by atoms with Gasteiger partial charge in [0.25, 0.3) is 0 Å². The van der Waals surface area contributed by atoms with Crippen LogP contribution in [0.2, 0.25) is 0 Å². The van der Waals surface area contributed by atoms with Crippen molar-refractivity contribution in [3.05, 3.63) is 22.9 Å². The maximum atomic E-state index is 10.0. The summed E-state index contributed by atoms with van der Waals surface area (Å²) in [5, 5.41) is 10.0. The quantitative estimate of drug-likeness (QED) is 0.844. The van der Waals surface area contributed by atoms with Crippen LogP contribution in [0.4, 0.5) is 5.82 Å². The molecule has 3 atom stereocenters. The van der Waals surface area contributed by atoms with Crippen molar-refractivity contribution >= 4 is 5.82 Å². The molecule has 4 nitrogen and oxygen atoms in total. The fraction of sp³-hybridized carbons (Fsp3) is 0.667. The highest BCUT2D eigenvalue weighted by atomic mass is 16.3. The van der Waals surface area contributed by atoms with Crippen molar-refractivity contribution in [3.8, 4) is 0 Å². The van der Waals surface area contributed by atoms with Gasteiger partial charge in [-0.1, -0.05) is 0 Å². The Morgan fingerprint density at radius 1 is 1.37 bits per heavy atom. The van der Waals surface area contributed by atoms with Crippen LogP contribution < -0.4 is 10.6 Å². The van der Waals surface area contributed by atoms with Gasteiger partial charge >= 0.3 is 0 Å². The highest BCUT2D eigenvalue weighted by Crippen LogP contribution is 2.40. The zero-order valence-corrected chi connectivity index (χ0v) is 11.8. The number of nitrogens with zero attached hydrogens (tertiary/aromatic N) is 2. The number of aliphatic hydroxyl groups is 1. The fourth-order valence-electron chi connectivity index (χ4n) is 3.77. The number of fused-ring (bicyclic) bond motifs is 1. The molecule has 0 aromatic carbocycles. The molecule has 1 aliphatic heterocycles. The largest absolute Gasteiger partial charge is 0.393 e. The second-order valence-corrected chi connectivity index (χ2v) is 6.06. The van der Waals surface area contributed by atoms with E-state index in [4.69, 9.17) is 10.7 Å². The van der Waals surface area contributed by atoms with Gasteiger partial charge in [-0.3, -0.25) is 0 Å². The number of aryl methyl sites for hydroxylation is 2. The van der Waals surface area contributed by atoms with Crippen molar-refractivity contribution in [3.63, 3.8) is 0 Å². The average Bonchev–Trinajstić information content (AvgIpc) is 2.91. The van der Waals surface area contributed by atoms with Gasteiger partial charge in [-0.2, -0.15) is 0 Å². The van der Waals surface area contributed by atoms with Crippen LogP contribution in [0, 0.1) is 25.7 Å². The molecular formula is C15H23N3O. The van der Waals surface area contributed by atoms with Crippen molar-refractivity contribution in [2.24, 2.45) is 17.6 Å². The van der Waals surface area contributed by atoms with Crippen LogP contribution >= 0.6 is 0 Å². The van der Waals surface area contributed by atoms with Gasteiger partial charge in [-0.05, 0) is 44.2 Å². The number of hydrogen-bond acceptors (Lipinski definition) is 4. The minimum absolute atomic E-state index is 0.123. The number of nitrogens with two attached hydrogens (primary N) is 1. The van der Waals surface area contributed by atoms with E-state index in [1.54, 1.807) is 0 Å². The number of pyridine rings is 1. The van der Waals surface area contributed by atoms with E-state index in [9.17, 15) is 5.11 Å². The Balaban J connectivity index is 1.91. The molecule has 3 unspecified atom stereocenters. The van der Waals surface area contributed by atoms with Gasteiger partial charge in [0.05, 0.1) is 6.10 Å². The summed E-state index contributed by atoms with van der Waals surface area (Å²) in [4.78, 5) is 7.04. The first-order valence-electron chi connectivity index (χ1n) is 7.20. The molecule has 2 aliphatic rings. The first-order chi connectivity index (χ1) is 9.10. The number of anilines is 1. The third-order valence-corrected chi connectivity index (χ3v) is 4.78. The summed E-state index contributed by atoms with van der Waals surface area (Å²) in [5.74, 6) is 2.10. The van der Waals surface area contributed by atoms with Gasteiger partial charge in [-0.15, -0.1) is 0 Å². The lowest BCUT2D eigenvalue weighted by atomic mass is 10.00. The lowest BCUT2D eigenvalue weighted by Gasteiger charge is -2.23. The number of aromatic nitrogens is 1. The average molecular weight is 261 g/mol. The maximum absolute atomic E-state index is 10.0. The fourth-order valence-corrected chi connectivity index (χ4v) is 3.77. The summed E-state index contributed by atoms with van der Waals surface area (Å²) in [6.45, 7) is 6.61. The molecule has 2 fully saturated rings. The monoisotopic (exact) mass is 261 g/mol. The molecule has 4 heteroatoms. The first kappa shape index (κ1) is 12.9. The molecule has 1 aromatic heterocycles. The third-order valence-electron chi connectivity index (χ3n) is 4.78. The highest BCUT2D eigenvalue weighted by Gasteiger charge is 2.42. The molecule has 1 aromatic rings.